The molecule has 0 fully saturated rings. The molecule has 0 bridgehead atoms. The molecule has 1 aromatic carbocycles. The van der Waals surface area contributed by atoms with Gasteiger partial charge in [-0.25, -0.2) is 13.1 Å². The number of benzene rings is 1. The quantitative estimate of drug-likeness (QED) is 0.501. The fourth-order valence-corrected chi connectivity index (χ4v) is 2.58. The number of hydrogen-bond acceptors (Lipinski definition) is 5. The van der Waals surface area contributed by atoms with Crippen LogP contribution in [-0.4, -0.2) is 46.9 Å². The molecule has 0 amide bonds. The molecule has 0 spiro atoms. The second-order valence-corrected chi connectivity index (χ2v) is 6.10. The lowest BCUT2D eigenvalue weighted by Gasteiger charge is -2.08. The monoisotopic (exact) mass is 318 g/mol. The molecule has 112 valence electrons. The van der Waals surface area contributed by atoms with Gasteiger partial charge < -0.3 is 15.2 Å². The summed E-state index contributed by atoms with van der Waals surface area (Å²) >= 11 is 4.82. The van der Waals surface area contributed by atoms with E-state index in [1.807, 2.05) is 0 Å². The lowest BCUT2D eigenvalue weighted by molar-refractivity contribution is 0.0736. The third kappa shape index (κ3) is 5.51. The molecule has 0 aromatic heterocycles. The summed E-state index contributed by atoms with van der Waals surface area (Å²) in [6.07, 6.45) is 0. The summed E-state index contributed by atoms with van der Waals surface area (Å²) in [4.78, 5) is 0.282. The molecule has 0 radical (unpaired) electrons. The summed E-state index contributed by atoms with van der Waals surface area (Å²) in [7, 11) is -2.02. The van der Waals surface area contributed by atoms with Crippen LogP contribution in [0.1, 0.15) is 5.56 Å². The highest BCUT2D eigenvalue weighted by molar-refractivity contribution is 7.89. The van der Waals surface area contributed by atoms with Crippen molar-refractivity contribution in [1.29, 1.82) is 0 Å². The Morgan fingerprint density at radius 3 is 2.75 bits per heavy atom. The summed E-state index contributed by atoms with van der Waals surface area (Å²) in [5.41, 5.74) is 5.99. The summed E-state index contributed by atoms with van der Waals surface area (Å²) in [5, 5.41) is 0. The maximum absolute atomic E-state index is 12.0. The molecule has 0 aliphatic carbocycles. The van der Waals surface area contributed by atoms with Gasteiger partial charge in [0.2, 0.25) is 10.0 Å². The van der Waals surface area contributed by atoms with Crippen molar-refractivity contribution in [3.8, 4) is 0 Å². The summed E-state index contributed by atoms with van der Waals surface area (Å²) < 4.78 is 36.5. The Kier molecular flexibility index (Phi) is 7.03. The molecule has 1 rings (SSSR count). The molecule has 0 atom stereocenters. The van der Waals surface area contributed by atoms with Crippen molar-refractivity contribution in [3.05, 3.63) is 29.8 Å². The van der Waals surface area contributed by atoms with Crippen LogP contribution >= 0.6 is 12.2 Å². The second-order valence-electron chi connectivity index (χ2n) is 3.90. The number of hydrogen-bond donors (Lipinski definition) is 2. The van der Waals surface area contributed by atoms with E-state index in [0.29, 0.717) is 18.8 Å². The van der Waals surface area contributed by atoms with E-state index in [9.17, 15) is 8.42 Å². The Morgan fingerprint density at radius 1 is 1.35 bits per heavy atom. The number of nitrogens with one attached hydrogen (secondary N) is 1. The summed E-state index contributed by atoms with van der Waals surface area (Å²) in [6.45, 7) is 1.36. The van der Waals surface area contributed by atoms with E-state index in [0.717, 1.165) is 0 Å². The fraction of sp³-hybridized carbons (Fsp3) is 0.417. The number of rotatable bonds is 9. The Morgan fingerprint density at radius 2 is 2.10 bits per heavy atom. The Bertz CT molecular complexity index is 546. The van der Waals surface area contributed by atoms with Crippen LogP contribution in [0.3, 0.4) is 0 Å². The SMILES string of the molecule is COCCOCCNS(=O)(=O)c1cccc(C(N)=S)c1. The van der Waals surface area contributed by atoms with Gasteiger partial charge in [-0.1, -0.05) is 24.4 Å². The molecule has 0 saturated carbocycles. The van der Waals surface area contributed by atoms with Crippen molar-refractivity contribution in [2.24, 2.45) is 5.73 Å². The first-order valence-electron chi connectivity index (χ1n) is 5.93. The molecule has 0 saturated heterocycles. The van der Waals surface area contributed by atoms with E-state index in [4.69, 9.17) is 27.4 Å². The smallest absolute Gasteiger partial charge is 0.240 e. The number of nitrogens with two attached hydrogens (primary N) is 1. The Balaban J connectivity index is 2.56. The first-order valence-corrected chi connectivity index (χ1v) is 7.82. The Labute approximate surface area is 124 Å². The van der Waals surface area contributed by atoms with Crippen LogP contribution in [0.25, 0.3) is 0 Å². The highest BCUT2D eigenvalue weighted by Gasteiger charge is 2.14. The second kappa shape index (κ2) is 8.28. The predicted octanol–water partition coefficient (Wildman–Crippen LogP) is 0.262. The fourth-order valence-electron chi connectivity index (χ4n) is 1.39. The number of sulfonamides is 1. The van der Waals surface area contributed by atoms with Crippen molar-refractivity contribution in [1.82, 2.24) is 4.72 Å². The van der Waals surface area contributed by atoms with Gasteiger partial charge in [-0.05, 0) is 12.1 Å². The summed E-state index contributed by atoms with van der Waals surface area (Å²) in [5.74, 6) is 0. The molecule has 6 nitrogen and oxygen atoms in total. The van der Waals surface area contributed by atoms with Crippen LogP contribution in [0, 0.1) is 0 Å². The minimum Gasteiger partial charge on any atom is -0.389 e. The minimum atomic E-state index is -3.59. The van der Waals surface area contributed by atoms with Crippen LogP contribution in [-0.2, 0) is 19.5 Å². The third-order valence-corrected chi connectivity index (χ3v) is 4.09. The van der Waals surface area contributed by atoms with Crippen LogP contribution in [0.2, 0.25) is 0 Å². The van der Waals surface area contributed by atoms with Crippen molar-refractivity contribution >= 4 is 27.2 Å². The normalized spacial score (nSPS) is 11.4. The molecule has 1 aromatic rings. The van der Waals surface area contributed by atoms with Gasteiger partial charge in [-0.15, -0.1) is 0 Å². The van der Waals surface area contributed by atoms with Crippen LogP contribution in [0.15, 0.2) is 29.2 Å². The molecule has 20 heavy (non-hydrogen) atoms. The Hall–Kier alpha value is -1.06. The van der Waals surface area contributed by atoms with Crippen molar-refractivity contribution in [2.45, 2.75) is 4.90 Å². The van der Waals surface area contributed by atoms with E-state index >= 15 is 0 Å². The zero-order valence-corrected chi connectivity index (χ0v) is 12.8. The van der Waals surface area contributed by atoms with E-state index in [-0.39, 0.29) is 23.0 Å². The predicted molar refractivity (Wildman–Crippen MR) is 80.2 cm³/mol. The van der Waals surface area contributed by atoms with Gasteiger partial charge in [0, 0.05) is 19.2 Å². The minimum absolute atomic E-state index is 0.125. The molecule has 3 N–H and O–H groups in total. The first kappa shape index (κ1) is 17.0. The average molecular weight is 318 g/mol. The zero-order valence-electron chi connectivity index (χ0n) is 11.2. The number of methoxy groups -OCH3 is 1. The first-order chi connectivity index (χ1) is 9.47. The molecular formula is C12H18N2O4S2. The standard InChI is InChI=1S/C12H18N2O4S2/c1-17-7-8-18-6-5-14-20(15,16)11-4-2-3-10(9-11)12(13)19/h2-4,9,14H,5-8H2,1H3,(H2,13,19). The van der Waals surface area contributed by atoms with Gasteiger partial charge in [0.05, 0.1) is 24.7 Å². The van der Waals surface area contributed by atoms with Crippen molar-refractivity contribution < 1.29 is 17.9 Å². The van der Waals surface area contributed by atoms with Gasteiger partial charge in [-0.2, -0.15) is 0 Å². The summed E-state index contributed by atoms with van der Waals surface area (Å²) in [6, 6.07) is 6.18. The van der Waals surface area contributed by atoms with Crippen LogP contribution in [0.4, 0.5) is 0 Å². The van der Waals surface area contributed by atoms with Gasteiger partial charge >= 0.3 is 0 Å². The van der Waals surface area contributed by atoms with E-state index < -0.39 is 10.0 Å². The molecule has 0 unspecified atom stereocenters. The third-order valence-electron chi connectivity index (χ3n) is 2.40. The highest BCUT2D eigenvalue weighted by Crippen LogP contribution is 2.11. The van der Waals surface area contributed by atoms with Crippen molar-refractivity contribution in [3.63, 3.8) is 0 Å². The molecule has 0 heterocycles. The topological polar surface area (TPSA) is 90.6 Å². The highest BCUT2D eigenvalue weighted by atomic mass is 32.2. The molecular weight excluding hydrogens is 300 g/mol. The van der Waals surface area contributed by atoms with E-state index in [1.54, 1.807) is 19.2 Å². The van der Waals surface area contributed by atoms with Gasteiger partial charge in [0.15, 0.2) is 0 Å². The lowest BCUT2D eigenvalue weighted by Crippen LogP contribution is -2.28. The maximum atomic E-state index is 12.0. The average Bonchev–Trinajstić information content (AvgIpc) is 2.43. The maximum Gasteiger partial charge on any atom is 0.240 e. The lowest BCUT2D eigenvalue weighted by atomic mass is 10.2. The largest absolute Gasteiger partial charge is 0.389 e. The zero-order chi connectivity index (χ0) is 15.0. The van der Waals surface area contributed by atoms with Crippen molar-refractivity contribution in [2.75, 3.05) is 33.5 Å². The van der Waals surface area contributed by atoms with E-state index in [2.05, 4.69) is 4.72 Å². The molecule has 8 heteroatoms. The number of thiocarbonyl (C=S) groups is 1. The number of ether oxygens (including phenoxy) is 2. The molecule has 0 aliphatic heterocycles. The van der Waals surface area contributed by atoms with Gasteiger partial charge in [-0.3, -0.25) is 0 Å². The molecule has 0 aliphatic rings. The van der Waals surface area contributed by atoms with Gasteiger partial charge in [0.1, 0.15) is 4.99 Å². The van der Waals surface area contributed by atoms with Gasteiger partial charge in [0.25, 0.3) is 0 Å². The van der Waals surface area contributed by atoms with Crippen LogP contribution in [0.5, 0.6) is 0 Å². The van der Waals surface area contributed by atoms with E-state index in [1.165, 1.54) is 12.1 Å². The van der Waals surface area contributed by atoms with Crippen LogP contribution < -0.4 is 10.5 Å².